The molecule has 1 aliphatic heterocycles. The SMILES string of the molecule is COc1ccc(N2C(=O)NC(=O)/C(=C\c3cc(Br)cc(Br)c3OCc3ccc(F)cc3)C2=O)cc1. The van der Waals surface area contributed by atoms with Gasteiger partial charge in [0, 0.05) is 10.0 Å². The van der Waals surface area contributed by atoms with Crippen molar-refractivity contribution in [1.82, 2.24) is 5.32 Å². The monoisotopic (exact) mass is 602 g/mol. The van der Waals surface area contributed by atoms with Gasteiger partial charge in [-0.3, -0.25) is 14.9 Å². The van der Waals surface area contributed by atoms with Crippen molar-refractivity contribution in [2.75, 3.05) is 12.0 Å². The Bertz CT molecular complexity index is 1340. The third kappa shape index (κ3) is 5.44. The number of hydrogen-bond acceptors (Lipinski definition) is 5. The third-order valence-electron chi connectivity index (χ3n) is 5.07. The second-order valence-corrected chi connectivity index (χ2v) is 9.15. The lowest BCUT2D eigenvalue weighted by Crippen LogP contribution is -2.54. The van der Waals surface area contributed by atoms with E-state index in [1.165, 1.54) is 37.5 Å². The highest BCUT2D eigenvalue weighted by Crippen LogP contribution is 2.36. The van der Waals surface area contributed by atoms with Crippen LogP contribution in [0.1, 0.15) is 11.1 Å². The molecular weight excluding hydrogens is 587 g/mol. The Labute approximate surface area is 216 Å². The molecule has 1 N–H and O–H groups in total. The van der Waals surface area contributed by atoms with E-state index in [2.05, 4.69) is 37.2 Å². The first-order chi connectivity index (χ1) is 16.8. The molecule has 1 saturated heterocycles. The molecule has 0 spiro atoms. The molecule has 1 aliphatic rings. The van der Waals surface area contributed by atoms with Gasteiger partial charge in [0.05, 0.1) is 17.3 Å². The Morgan fingerprint density at radius 3 is 2.34 bits per heavy atom. The molecule has 178 valence electrons. The van der Waals surface area contributed by atoms with E-state index in [4.69, 9.17) is 9.47 Å². The maximum atomic E-state index is 13.2. The average Bonchev–Trinajstić information content (AvgIpc) is 2.82. The van der Waals surface area contributed by atoms with Crippen LogP contribution in [0.15, 0.2) is 75.2 Å². The summed E-state index contributed by atoms with van der Waals surface area (Å²) < 4.78 is 25.5. The molecule has 1 heterocycles. The van der Waals surface area contributed by atoms with Gasteiger partial charge in [0.15, 0.2) is 0 Å². The Morgan fingerprint density at radius 2 is 1.69 bits per heavy atom. The van der Waals surface area contributed by atoms with E-state index in [9.17, 15) is 18.8 Å². The first kappa shape index (κ1) is 24.6. The summed E-state index contributed by atoms with van der Waals surface area (Å²) in [7, 11) is 1.50. The number of benzene rings is 3. The number of carbonyl (C=O) groups is 3. The zero-order chi connectivity index (χ0) is 25.1. The largest absolute Gasteiger partial charge is 0.497 e. The van der Waals surface area contributed by atoms with Gasteiger partial charge in [-0.05, 0) is 76.1 Å². The highest BCUT2D eigenvalue weighted by atomic mass is 79.9. The van der Waals surface area contributed by atoms with Crippen molar-refractivity contribution >= 4 is 61.5 Å². The van der Waals surface area contributed by atoms with Gasteiger partial charge >= 0.3 is 6.03 Å². The number of halogens is 3. The summed E-state index contributed by atoms with van der Waals surface area (Å²) in [6.45, 7) is 0.118. The van der Waals surface area contributed by atoms with E-state index in [0.717, 1.165) is 10.5 Å². The van der Waals surface area contributed by atoms with Gasteiger partial charge in [-0.25, -0.2) is 14.1 Å². The number of urea groups is 1. The van der Waals surface area contributed by atoms with Crippen molar-refractivity contribution in [3.8, 4) is 11.5 Å². The maximum Gasteiger partial charge on any atom is 0.335 e. The van der Waals surface area contributed by atoms with Crippen LogP contribution in [-0.4, -0.2) is 25.0 Å². The Morgan fingerprint density at radius 1 is 1.00 bits per heavy atom. The number of barbiturate groups is 1. The zero-order valence-corrected chi connectivity index (χ0v) is 21.4. The van der Waals surface area contributed by atoms with Crippen LogP contribution < -0.4 is 19.7 Å². The summed E-state index contributed by atoms with van der Waals surface area (Å²) in [4.78, 5) is 39.2. The van der Waals surface area contributed by atoms with Gasteiger partial charge < -0.3 is 9.47 Å². The van der Waals surface area contributed by atoms with Crippen molar-refractivity contribution in [2.24, 2.45) is 0 Å². The number of rotatable bonds is 6. The van der Waals surface area contributed by atoms with Gasteiger partial charge in [0.2, 0.25) is 0 Å². The molecule has 0 unspecified atom stereocenters. The topological polar surface area (TPSA) is 84.9 Å². The molecule has 4 rings (SSSR count). The number of anilines is 1. The van der Waals surface area contributed by atoms with Gasteiger partial charge in [0.1, 0.15) is 29.5 Å². The smallest absolute Gasteiger partial charge is 0.335 e. The third-order valence-corrected chi connectivity index (χ3v) is 6.11. The highest BCUT2D eigenvalue weighted by Gasteiger charge is 2.37. The molecule has 0 radical (unpaired) electrons. The molecular formula is C25H17Br2FN2O5. The summed E-state index contributed by atoms with van der Waals surface area (Å²) in [6, 6.07) is 14.7. The van der Waals surface area contributed by atoms with Crippen molar-refractivity contribution in [3.63, 3.8) is 0 Å². The van der Waals surface area contributed by atoms with Crippen LogP contribution in [0.5, 0.6) is 11.5 Å². The van der Waals surface area contributed by atoms with E-state index >= 15 is 0 Å². The molecule has 10 heteroatoms. The minimum atomic E-state index is -0.856. The van der Waals surface area contributed by atoms with Crippen molar-refractivity contribution in [2.45, 2.75) is 6.61 Å². The first-order valence-corrected chi connectivity index (χ1v) is 11.8. The molecule has 1 fully saturated rings. The Balaban J connectivity index is 1.69. The van der Waals surface area contributed by atoms with Crippen molar-refractivity contribution < 1.29 is 28.2 Å². The molecule has 0 bridgehead atoms. The first-order valence-electron chi connectivity index (χ1n) is 10.2. The van der Waals surface area contributed by atoms with E-state index in [-0.39, 0.29) is 23.7 Å². The van der Waals surface area contributed by atoms with E-state index in [1.54, 1.807) is 36.4 Å². The number of imide groups is 2. The average molecular weight is 604 g/mol. The number of ether oxygens (including phenoxy) is 2. The summed E-state index contributed by atoms with van der Waals surface area (Å²) in [5.41, 5.74) is 1.16. The lowest BCUT2D eigenvalue weighted by atomic mass is 10.1. The van der Waals surface area contributed by atoms with Crippen LogP contribution in [0.2, 0.25) is 0 Å². The fraction of sp³-hybridized carbons (Fsp3) is 0.0800. The van der Waals surface area contributed by atoms with E-state index < -0.39 is 17.8 Å². The lowest BCUT2D eigenvalue weighted by Gasteiger charge is -2.26. The number of nitrogens with one attached hydrogen (secondary N) is 1. The lowest BCUT2D eigenvalue weighted by molar-refractivity contribution is -0.122. The van der Waals surface area contributed by atoms with Crippen LogP contribution in [-0.2, 0) is 16.2 Å². The molecule has 7 nitrogen and oxygen atoms in total. The van der Waals surface area contributed by atoms with Crippen molar-refractivity contribution in [3.05, 3.63) is 92.1 Å². The number of amides is 4. The van der Waals surface area contributed by atoms with Gasteiger partial charge in [-0.1, -0.05) is 28.1 Å². The minimum absolute atomic E-state index is 0.118. The normalized spacial score (nSPS) is 14.8. The quantitative estimate of drug-likeness (QED) is 0.293. The standard InChI is InChI=1S/C25H17Br2FN2O5/c1-34-19-8-6-18(7-9-19)30-24(32)20(23(31)29-25(30)33)11-15-10-16(26)12-21(27)22(15)35-13-14-2-4-17(28)5-3-14/h2-12H,13H2,1H3,(H,29,31,33)/b20-11+. The van der Waals surface area contributed by atoms with Gasteiger partial charge in [-0.2, -0.15) is 0 Å². The number of methoxy groups -OCH3 is 1. The fourth-order valence-electron chi connectivity index (χ4n) is 3.35. The second-order valence-electron chi connectivity index (χ2n) is 7.38. The molecule has 3 aromatic carbocycles. The zero-order valence-electron chi connectivity index (χ0n) is 18.2. The molecule has 0 aliphatic carbocycles. The number of carbonyl (C=O) groups excluding carboxylic acids is 3. The van der Waals surface area contributed by atoms with Gasteiger partial charge in [0.25, 0.3) is 11.8 Å². The molecule has 35 heavy (non-hydrogen) atoms. The Kier molecular flexibility index (Phi) is 7.32. The summed E-state index contributed by atoms with van der Waals surface area (Å²) in [6.07, 6.45) is 1.36. The number of nitrogens with zero attached hydrogens (tertiary/aromatic N) is 1. The summed E-state index contributed by atoms with van der Waals surface area (Å²) >= 11 is 6.84. The van der Waals surface area contributed by atoms with Crippen LogP contribution in [0.3, 0.4) is 0 Å². The molecule has 4 amide bonds. The minimum Gasteiger partial charge on any atom is -0.497 e. The van der Waals surface area contributed by atoms with Crippen LogP contribution >= 0.6 is 31.9 Å². The summed E-state index contributed by atoms with van der Waals surface area (Å²) in [5, 5.41) is 2.20. The second kappa shape index (κ2) is 10.4. The number of hydrogen-bond donors (Lipinski definition) is 1. The van der Waals surface area contributed by atoms with Gasteiger partial charge in [-0.15, -0.1) is 0 Å². The predicted molar refractivity (Wildman–Crippen MR) is 135 cm³/mol. The maximum absolute atomic E-state index is 13.2. The van der Waals surface area contributed by atoms with Crippen molar-refractivity contribution in [1.29, 1.82) is 0 Å². The van der Waals surface area contributed by atoms with Crippen LogP contribution in [0, 0.1) is 5.82 Å². The molecule has 0 atom stereocenters. The van der Waals surface area contributed by atoms with E-state index in [1.807, 2.05) is 0 Å². The molecule has 3 aromatic rings. The van der Waals surface area contributed by atoms with Crippen LogP contribution in [0.25, 0.3) is 6.08 Å². The van der Waals surface area contributed by atoms with Crippen LogP contribution in [0.4, 0.5) is 14.9 Å². The highest BCUT2D eigenvalue weighted by molar-refractivity contribution is 9.11. The fourth-order valence-corrected chi connectivity index (χ4v) is 4.73. The Hall–Kier alpha value is -3.50. The summed E-state index contributed by atoms with van der Waals surface area (Å²) in [5.74, 6) is -1.07. The predicted octanol–water partition coefficient (Wildman–Crippen LogP) is 5.60. The molecule has 0 saturated carbocycles. The molecule has 0 aromatic heterocycles. The van der Waals surface area contributed by atoms with E-state index in [0.29, 0.717) is 26.0 Å².